The molecule has 1 amide bonds. The molecule has 2 bridgehead atoms. The Hall–Kier alpha value is -3.14. The van der Waals surface area contributed by atoms with E-state index in [0.29, 0.717) is 31.5 Å². The SMILES string of the molecule is CC[C@@H]1OC(=O)[C@H](C)C(=O)[C@H](C)[C@@H](O[C@@H]2O[C@H](C)C[C@H](N(C)C)[C@H]2O)[C@@](C)(OC)C[C@@H](C)C2=[N+]([O-])CN(CCCc3ccccc3)N3C(=O)O[C@@]1(C)[C@H]3[C@@H]2C. The number of esters is 1. The molecule has 4 heterocycles. The van der Waals surface area contributed by atoms with Crippen LogP contribution < -0.4 is 0 Å². The largest absolute Gasteiger partial charge is 0.623 e. The van der Waals surface area contributed by atoms with E-state index in [1.54, 1.807) is 23.9 Å². The summed E-state index contributed by atoms with van der Waals surface area (Å²) in [6, 6.07) is 9.03. The maximum atomic E-state index is 14.5. The fraction of sp³-hybridized carbons (Fsp3) is 0.756. The van der Waals surface area contributed by atoms with Crippen molar-refractivity contribution in [2.24, 2.45) is 23.7 Å². The van der Waals surface area contributed by atoms with E-state index in [-0.39, 0.29) is 25.2 Å². The number of aliphatic hydroxyl groups excluding tert-OH is 1. The van der Waals surface area contributed by atoms with Gasteiger partial charge in [-0.1, -0.05) is 58.0 Å². The highest BCUT2D eigenvalue weighted by molar-refractivity contribution is 6.00. The van der Waals surface area contributed by atoms with Gasteiger partial charge >= 0.3 is 12.1 Å². The minimum Gasteiger partial charge on any atom is -0.623 e. The van der Waals surface area contributed by atoms with Crippen LogP contribution in [0.2, 0.25) is 0 Å². The molecule has 0 saturated carbocycles. The molecule has 0 aromatic heterocycles. The first kappa shape index (κ1) is 43.0. The van der Waals surface area contributed by atoms with Gasteiger partial charge in [0.05, 0.1) is 23.7 Å². The molecular weight excluding hydrogens is 708 g/mol. The van der Waals surface area contributed by atoms with Crippen LogP contribution in [0.1, 0.15) is 86.6 Å². The van der Waals surface area contributed by atoms with E-state index in [0.717, 1.165) is 16.7 Å². The second kappa shape index (κ2) is 17.2. The number of cyclic esters (lactones) is 1. The molecule has 55 heavy (non-hydrogen) atoms. The van der Waals surface area contributed by atoms with Crippen molar-refractivity contribution in [1.82, 2.24) is 14.9 Å². The molecule has 14 nitrogen and oxygen atoms in total. The molecule has 0 spiro atoms. The van der Waals surface area contributed by atoms with Crippen LogP contribution in [-0.2, 0) is 39.7 Å². The number of carbonyl (C=O) groups excluding carboxylic acids is 3. The number of hydrogen-bond acceptors (Lipinski definition) is 12. The third-order valence-electron chi connectivity index (χ3n) is 12.7. The molecule has 13 atom stereocenters. The summed E-state index contributed by atoms with van der Waals surface area (Å²) in [6.45, 7) is 14.7. The third kappa shape index (κ3) is 8.45. The van der Waals surface area contributed by atoms with Crippen molar-refractivity contribution < 1.29 is 47.9 Å². The summed E-state index contributed by atoms with van der Waals surface area (Å²) in [5.41, 5.74) is -0.928. The summed E-state index contributed by atoms with van der Waals surface area (Å²) in [5.74, 6) is -4.35. The maximum absolute atomic E-state index is 14.5. The number of fused-ring (bicyclic) bond motifs is 1. The van der Waals surface area contributed by atoms with Gasteiger partial charge in [0, 0.05) is 31.5 Å². The average molecular weight is 773 g/mol. The second-order valence-electron chi connectivity index (χ2n) is 16.9. The Kier molecular flexibility index (Phi) is 13.4. The minimum atomic E-state index is -1.36. The van der Waals surface area contributed by atoms with Crippen LogP contribution in [0.4, 0.5) is 4.79 Å². The van der Waals surface area contributed by atoms with Gasteiger partial charge in [-0.3, -0.25) is 9.59 Å². The lowest BCUT2D eigenvalue weighted by atomic mass is 9.73. The zero-order chi connectivity index (χ0) is 40.6. The van der Waals surface area contributed by atoms with Crippen molar-refractivity contribution in [2.45, 2.75) is 141 Å². The van der Waals surface area contributed by atoms with Crippen molar-refractivity contribution in [3.8, 4) is 0 Å². The third-order valence-corrected chi connectivity index (χ3v) is 12.7. The number of aryl methyl sites for hydroxylation is 1. The van der Waals surface area contributed by atoms with Crippen LogP contribution in [0.3, 0.4) is 0 Å². The highest BCUT2D eigenvalue weighted by Crippen LogP contribution is 2.44. The van der Waals surface area contributed by atoms with Crippen LogP contribution in [0.25, 0.3) is 0 Å². The second-order valence-corrected chi connectivity index (χ2v) is 16.9. The highest BCUT2D eigenvalue weighted by Gasteiger charge is 2.63. The lowest BCUT2D eigenvalue weighted by molar-refractivity contribution is -0.494. The molecule has 0 aliphatic carbocycles. The number of ketones is 1. The number of methoxy groups -OCH3 is 1. The standard InChI is InChI=1S/C41H64N4O10/c1-12-31-41(8)35-26(4)32(44(50)23-43(45(35)39(49)55-41)20-16-19-29-17-14-13-15-18-29)24(2)22-40(7,51-11)36(27(5)33(46)28(6)37(48)53-31)54-38-34(47)30(42(9)10)21-25(3)52-38/h13-15,17-18,24-28,30-31,34-36,38,47H,12,16,19-23H2,1-11H3/t24-,25-,26-,27+,28-,30+,31+,34-,35-,36-,38+,40+,41-/m1/s1. The van der Waals surface area contributed by atoms with E-state index in [4.69, 9.17) is 23.7 Å². The zero-order valence-corrected chi connectivity index (χ0v) is 34.6. The number of amides is 1. The van der Waals surface area contributed by atoms with Crippen molar-refractivity contribution in [3.63, 3.8) is 0 Å². The Labute approximate surface area is 326 Å². The summed E-state index contributed by atoms with van der Waals surface area (Å²) in [7, 11) is 5.30. The number of aliphatic hydroxyl groups is 1. The Morgan fingerprint density at radius 2 is 1.73 bits per heavy atom. The minimum absolute atomic E-state index is 0.126. The molecule has 5 rings (SSSR count). The van der Waals surface area contributed by atoms with E-state index in [1.807, 2.05) is 83.9 Å². The van der Waals surface area contributed by atoms with Gasteiger partial charge in [0.25, 0.3) is 0 Å². The topological polar surface area (TPSA) is 153 Å². The molecule has 4 aliphatic rings. The van der Waals surface area contributed by atoms with Gasteiger partial charge in [0.15, 0.2) is 23.4 Å². The van der Waals surface area contributed by atoms with Gasteiger partial charge < -0.3 is 38.9 Å². The van der Waals surface area contributed by atoms with Gasteiger partial charge in [0.2, 0.25) is 6.67 Å². The summed E-state index contributed by atoms with van der Waals surface area (Å²) in [5, 5.41) is 29.4. The molecule has 3 saturated heterocycles. The normalized spacial score (nSPS) is 39.5. The molecule has 0 unspecified atom stereocenters. The van der Waals surface area contributed by atoms with Gasteiger partial charge in [0.1, 0.15) is 24.2 Å². The predicted molar refractivity (Wildman–Crippen MR) is 205 cm³/mol. The number of ether oxygens (including phenoxy) is 5. The number of nitrogens with zero attached hydrogens (tertiary/aromatic N) is 4. The number of carbonyl (C=O) groups is 3. The first-order valence-electron chi connectivity index (χ1n) is 20.0. The molecule has 1 aromatic rings. The number of likely N-dealkylation sites (N-methyl/N-ethyl adjacent to an activating group) is 1. The predicted octanol–water partition coefficient (Wildman–Crippen LogP) is 4.39. The van der Waals surface area contributed by atoms with Crippen LogP contribution in [-0.4, -0.2) is 137 Å². The smallest absolute Gasteiger partial charge is 0.425 e. The molecular formula is C41H64N4O10. The number of rotatable bonds is 9. The van der Waals surface area contributed by atoms with Crippen molar-refractivity contribution >= 4 is 23.6 Å². The van der Waals surface area contributed by atoms with Crippen LogP contribution >= 0.6 is 0 Å². The molecule has 1 N–H and O–H groups in total. The monoisotopic (exact) mass is 772 g/mol. The Morgan fingerprint density at radius 1 is 1.05 bits per heavy atom. The maximum Gasteiger partial charge on any atom is 0.425 e. The first-order chi connectivity index (χ1) is 25.9. The van der Waals surface area contributed by atoms with E-state index in [1.165, 1.54) is 14.0 Å². The van der Waals surface area contributed by atoms with Gasteiger partial charge in [-0.25, -0.2) is 9.80 Å². The molecule has 3 fully saturated rings. The fourth-order valence-corrected chi connectivity index (χ4v) is 9.70. The molecule has 14 heteroatoms. The summed E-state index contributed by atoms with van der Waals surface area (Å²) >= 11 is 0. The lowest BCUT2D eigenvalue weighted by Crippen LogP contribution is -2.61. The number of hydrogen-bond donors (Lipinski definition) is 1. The Morgan fingerprint density at radius 3 is 2.35 bits per heavy atom. The van der Waals surface area contributed by atoms with E-state index < -0.39 is 83.4 Å². The number of hydrazine groups is 1. The quantitative estimate of drug-likeness (QED) is 0.164. The van der Waals surface area contributed by atoms with Crippen LogP contribution in [0.5, 0.6) is 0 Å². The van der Waals surface area contributed by atoms with E-state index >= 15 is 0 Å². The van der Waals surface area contributed by atoms with E-state index in [9.17, 15) is 24.7 Å². The van der Waals surface area contributed by atoms with Crippen LogP contribution in [0, 0.1) is 28.9 Å². The molecule has 308 valence electrons. The Balaban J connectivity index is 1.60. The molecule has 4 aliphatic heterocycles. The summed E-state index contributed by atoms with van der Waals surface area (Å²) in [6.07, 6.45) is -2.47. The molecule has 1 aromatic carbocycles. The van der Waals surface area contributed by atoms with Crippen molar-refractivity contribution in [3.05, 3.63) is 41.1 Å². The summed E-state index contributed by atoms with van der Waals surface area (Å²) in [4.78, 5) is 44.3. The highest BCUT2D eigenvalue weighted by atomic mass is 16.7. The fourth-order valence-electron chi connectivity index (χ4n) is 9.70. The van der Waals surface area contributed by atoms with E-state index in [2.05, 4.69) is 0 Å². The van der Waals surface area contributed by atoms with Crippen LogP contribution in [0.15, 0.2) is 30.3 Å². The lowest BCUT2D eigenvalue weighted by Gasteiger charge is -2.47. The Bertz CT molecular complexity index is 1560. The number of Topliss-reactive ketones (excluding diaryl/α,β-unsaturated/α-hetero) is 1. The zero-order valence-electron chi connectivity index (χ0n) is 34.6. The van der Waals surface area contributed by atoms with Crippen molar-refractivity contribution in [1.29, 1.82) is 0 Å². The van der Waals surface area contributed by atoms with Gasteiger partial charge in [-0.2, -0.15) is 9.75 Å². The van der Waals surface area contributed by atoms with Gasteiger partial charge in [-0.05, 0) is 79.5 Å². The average Bonchev–Trinajstić information content (AvgIpc) is 3.35. The first-order valence-corrected chi connectivity index (χ1v) is 20.0. The number of benzene rings is 1. The molecule has 0 radical (unpaired) electrons. The number of hydroxylamine groups is 1. The van der Waals surface area contributed by atoms with Gasteiger partial charge in [-0.15, -0.1) is 0 Å². The summed E-state index contributed by atoms with van der Waals surface area (Å²) < 4.78 is 32.6. The van der Waals surface area contributed by atoms with Crippen molar-refractivity contribution in [2.75, 3.05) is 34.4 Å².